The number of furan rings is 1. The molecule has 9 heteroatoms. The number of carbonyl (C=O) groups excluding carboxylic acids is 1. The molecular formula is C16H23N5O4. The molecule has 1 aliphatic carbocycles. The number of hydrogen-bond acceptors (Lipinski definition) is 6. The molecule has 2 aliphatic rings. The van der Waals surface area contributed by atoms with Gasteiger partial charge in [-0.2, -0.15) is 4.74 Å². The molecule has 1 atom stereocenters. The van der Waals surface area contributed by atoms with Crippen LogP contribution in [0.2, 0.25) is 0 Å². The summed E-state index contributed by atoms with van der Waals surface area (Å²) in [6.07, 6.45) is 5.97. The molecule has 0 bridgehead atoms. The maximum Gasteiger partial charge on any atom is 0.330 e. The van der Waals surface area contributed by atoms with Crippen LogP contribution in [-0.4, -0.2) is 38.0 Å². The van der Waals surface area contributed by atoms with Crippen molar-refractivity contribution < 1.29 is 19.2 Å². The van der Waals surface area contributed by atoms with Gasteiger partial charge in [0.15, 0.2) is 5.76 Å². The van der Waals surface area contributed by atoms with Gasteiger partial charge in [0, 0.05) is 6.42 Å². The highest BCUT2D eigenvalue weighted by Crippen LogP contribution is 2.43. The summed E-state index contributed by atoms with van der Waals surface area (Å²) in [7, 11) is 0. The third-order valence-corrected chi connectivity index (χ3v) is 4.83. The first-order valence-electron chi connectivity index (χ1n) is 8.22. The molecule has 2 amide bonds. The van der Waals surface area contributed by atoms with E-state index in [9.17, 15) is 15.2 Å². The Morgan fingerprint density at radius 3 is 2.88 bits per heavy atom. The van der Waals surface area contributed by atoms with Gasteiger partial charge in [0.05, 0.1) is 6.26 Å². The predicted molar refractivity (Wildman–Crippen MR) is 89.3 cm³/mol. The van der Waals surface area contributed by atoms with Gasteiger partial charge >= 0.3 is 6.03 Å². The first kappa shape index (κ1) is 17.3. The minimum atomic E-state index is -1.40. The Kier molecular flexibility index (Phi) is 4.21. The Balaban J connectivity index is 2.15. The number of hydrazine groups is 1. The number of allylic oxidation sites excluding steroid dienone is 1. The zero-order valence-electron chi connectivity index (χ0n) is 14.3. The second-order valence-electron chi connectivity index (χ2n) is 6.79. The molecule has 0 aromatic carbocycles. The SMILES string of the molecule is CC1(C)C(c2ccco2)=[N+]([O-])[C@@]2(CCCCC=C2NNC(N)=O)N1O. The highest BCUT2D eigenvalue weighted by atomic mass is 16.6. The minimum absolute atomic E-state index is 0.314. The number of hydrogen-bond donors (Lipinski definition) is 4. The van der Waals surface area contributed by atoms with E-state index in [-0.39, 0.29) is 0 Å². The molecule has 136 valence electrons. The van der Waals surface area contributed by atoms with Gasteiger partial charge in [-0.15, -0.1) is 5.06 Å². The van der Waals surface area contributed by atoms with E-state index >= 15 is 0 Å². The van der Waals surface area contributed by atoms with Gasteiger partial charge in [0.1, 0.15) is 11.2 Å². The van der Waals surface area contributed by atoms with E-state index in [4.69, 9.17) is 10.2 Å². The highest BCUT2D eigenvalue weighted by Gasteiger charge is 2.65. The molecule has 1 aromatic heterocycles. The Labute approximate surface area is 145 Å². The fourth-order valence-corrected chi connectivity index (χ4v) is 3.67. The van der Waals surface area contributed by atoms with E-state index in [1.54, 1.807) is 32.1 Å². The van der Waals surface area contributed by atoms with E-state index in [2.05, 4.69) is 10.9 Å². The zero-order chi connectivity index (χ0) is 18.2. The second-order valence-corrected chi connectivity index (χ2v) is 6.79. The van der Waals surface area contributed by atoms with E-state index in [0.29, 0.717) is 30.0 Å². The van der Waals surface area contributed by atoms with Crippen LogP contribution in [0.1, 0.15) is 45.3 Å². The van der Waals surface area contributed by atoms with Crippen LogP contribution >= 0.6 is 0 Å². The summed E-state index contributed by atoms with van der Waals surface area (Å²) in [6.45, 7) is 3.49. The van der Waals surface area contributed by atoms with E-state index in [1.165, 1.54) is 6.26 Å². The summed E-state index contributed by atoms with van der Waals surface area (Å²) >= 11 is 0. The Hall–Kier alpha value is -2.52. The van der Waals surface area contributed by atoms with Gasteiger partial charge in [-0.3, -0.25) is 10.9 Å². The van der Waals surface area contributed by atoms with Crippen LogP contribution in [-0.2, 0) is 0 Å². The van der Waals surface area contributed by atoms with Crippen molar-refractivity contribution in [3.8, 4) is 0 Å². The monoisotopic (exact) mass is 349 g/mol. The zero-order valence-corrected chi connectivity index (χ0v) is 14.3. The minimum Gasteiger partial charge on any atom is -0.622 e. The van der Waals surface area contributed by atoms with Crippen LogP contribution in [0.5, 0.6) is 0 Å². The summed E-state index contributed by atoms with van der Waals surface area (Å²) in [5.41, 5.74) is 8.44. The quantitative estimate of drug-likeness (QED) is 0.371. The Bertz CT molecular complexity index is 725. The van der Waals surface area contributed by atoms with E-state index in [1.807, 2.05) is 0 Å². The number of nitrogens with one attached hydrogen (secondary N) is 2. The van der Waals surface area contributed by atoms with Crippen LogP contribution in [0.3, 0.4) is 0 Å². The van der Waals surface area contributed by atoms with Crippen molar-refractivity contribution in [2.24, 2.45) is 5.73 Å². The number of amides is 2. The van der Waals surface area contributed by atoms with Gasteiger partial charge in [-0.25, -0.2) is 4.79 Å². The third-order valence-electron chi connectivity index (χ3n) is 4.83. The maximum absolute atomic E-state index is 13.4. The van der Waals surface area contributed by atoms with Crippen LogP contribution < -0.4 is 16.6 Å². The van der Waals surface area contributed by atoms with Gasteiger partial charge in [-0.1, -0.05) is 6.08 Å². The first-order chi connectivity index (χ1) is 11.8. The summed E-state index contributed by atoms with van der Waals surface area (Å²) < 4.78 is 6.20. The number of urea groups is 1. The van der Waals surface area contributed by atoms with Crippen molar-refractivity contribution in [3.05, 3.63) is 41.1 Å². The molecule has 0 saturated heterocycles. The van der Waals surface area contributed by atoms with Gasteiger partial charge < -0.3 is 20.6 Å². The fraction of sp³-hybridized carbons (Fsp3) is 0.500. The molecule has 0 fully saturated rings. The van der Waals surface area contributed by atoms with Crippen molar-refractivity contribution in [1.82, 2.24) is 15.9 Å². The lowest BCUT2D eigenvalue weighted by molar-refractivity contribution is -0.580. The normalized spacial score (nSPS) is 26.4. The second kappa shape index (κ2) is 6.08. The molecule has 2 heterocycles. The summed E-state index contributed by atoms with van der Waals surface area (Å²) in [5.74, 6) is 0.391. The number of nitrogens with zero attached hydrogens (tertiary/aromatic N) is 2. The topological polar surface area (TPSA) is 130 Å². The Morgan fingerprint density at radius 2 is 2.24 bits per heavy atom. The lowest BCUT2D eigenvalue weighted by Crippen LogP contribution is -2.60. The van der Waals surface area contributed by atoms with Crippen LogP contribution in [0.4, 0.5) is 4.79 Å². The van der Waals surface area contributed by atoms with Crippen molar-refractivity contribution in [1.29, 1.82) is 0 Å². The molecule has 0 saturated carbocycles. The molecule has 0 radical (unpaired) electrons. The molecule has 1 aromatic rings. The van der Waals surface area contributed by atoms with Gasteiger partial charge in [0.2, 0.25) is 0 Å². The molecule has 1 spiro atoms. The van der Waals surface area contributed by atoms with Crippen molar-refractivity contribution in [2.75, 3.05) is 0 Å². The summed E-state index contributed by atoms with van der Waals surface area (Å²) in [4.78, 5) is 11.1. The smallest absolute Gasteiger partial charge is 0.330 e. The van der Waals surface area contributed by atoms with Crippen LogP contribution in [0.15, 0.2) is 34.6 Å². The average molecular weight is 349 g/mol. The molecule has 25 heavy (non-hydrogen) atoms. The number of hydroxylamine groups is 3. The summed E-state index contributed by atoms with van der Waals surface area (Å²) in [6, 6.07) is 2.59. The lowest BCUT2D eigenvalue weighted by atomic mass is 9.95. The van der Waals surface area contributed by atoms with Crippen molar-refractivity contribution in [2.45, 2.75) is 50.7 Å². The van der Waals surface area contributed by atoms with E-state index in [0.717, 1.165) is 22.6 Å². The number of rotatable bonds is 3. The third kappa shape index (κ3) is 2.56. The van der Waals surface area contributed by atoms with Gasteiger partial charge in [-0.05, 0) is 45.2 Å². The molecule has 3 rings (SSSR count). The van der Waals surface area contributed by atoms with Crippen molar-refractivity contribution in [3.63, 3.8) is 0 Å². The van der Waals surface area contributed by atoms with Gasteiger partial charge in [0.25, 0.3) is 11.4 Å². The van der Waals surface area contributed by atoms with Crippen LogP contribution in [0.25, 0.3) is 0 Å². The number of primary amides is 1. The molecule has 9 nitrogen and oxygen atoms in total. The highest BCUT2D eigenvalue weighted by molar-refractivity contribution is 6.02. The van der Waals surface area contributed by atoms with E-state index < -0.39 is 17.2 Å². The number of carbonyl (C=O) groups is 1. The average Bonchev–Trinajstić information content (AvgIpc) is 3.02. The van der Waals surface area contributed by atoms with Crippen LogP contribution in [0, 0.1) is 5.21 Å². The maximum atomic E-state index is 13.4. The standard InChI is InChI=1S/C16H23N5O4/c1-15(2)13(11-7-6-10-25-11)20(23)16(21(15)24)9-5-3-4-8-12(16)18-19-14(17)22/h6-8,10,18,24H,3-5,9H2,1-2H3,(H3,17,19,22)/t16-/m0/s1. The molecule has 5 N–H and O–H groups in total. The molecule has 1 aliphatic heterocycles. The predicted octanol–water partition coefficient (Wildman–Crippen LogP) is 1.39. The fourth-order valence-electron chi connectivity index (χ4n) is 3.67. The Morgan fingerprint density at radius 1 is 1.48 bits per heavy atom. The van der Waals surface area contributed by atoms with Crippen molar-refractivity contribution >= 4 is 11.7 Å². The molecular weight excluding hydrogens is 326 g/mol. The first-order valence-corrected chi connectivity index (χ1v) is 8.22. The number of nitrogens with two attached hydrogens (primary N) is 1. The summed E-state index contributed by atoms with van der Waals surface area (Å²) in [5, 5.41) is 25.5. The molecule has 0 unspecified atom stereocenters. The lowest BCUT2D eigenvalue weighted by Gasteiger charge is -2.36. The largest absolute Gasteiger partial charge is 0.622 e.